The van der Waals surface area contributed by atoms with Crippen molar-refractivity contribution < 1.29 is 17.9 Å². The smallest absolute Gasteiger partial charge is 0.307 e. The van der Waals surface area contributed by atoms with Gasteiger partial charge in [0.2, 0.25) is 0 Å². The van der Waals surface area contributed by atoms with Gasteiger partial charge in [-0.05, 0) is 19.8 Å². The summed E-state index contributed by atoms with van der Waals surface area (Å²) in [6.07, 6.45) is 0.776. The highest BCUT2D eigenvalue weighted by molar-refractivity contribution is 7.92. The zero-order valence-corrected chi connectivity index (χ0v) is 11.3. The van der Waals surface area contributed by atoms with Crippen molar-refractivity contribution in [3.8, 4) is 0 Å². The molecule has 2 unspecified atom stereocenters. The van der Waals surface area contributed by atoms with Gasteiger partial charge < -0.3 is 4.74 Å². The van der Waals surface area contributed by atoms with Crippen LogP contribution in [0.25, 0.3) is 0 Å². The molecule has 16 heavy (non-hydrogen) atoms. The highest BCUT2D eigenvalue weighted by Gasteiger charge is 2.25. The summed E-state index contributed by atoms with van der Waals surface area (Å²) in [7, 11) is -3.19. The summed E-state index contributed by atoms with van der Waals surface area (Å²) < 4.78 is 28.4. The first-order valence-corrected chi connectivity index (χ1v) is 7.42. The standard InChI is InChI=1S/C11H22O4S/c1-5-9(3)8-16(13,14)10(4)7-11(12)15-6-2/h9-10H,5-8H2,1-4H3. The second-order valence-electron chi connectivity index (χ2n) is 4.16. The van der Waals surface area contributed by atoms with Gasteiger partial charge in [-0.1, -0.05) is 20.3 Å². The molecule has 0 spiro atoms. The second kappa shape index (κ2) is 6.89. The SMILES string of the molecule is CCOC(=O)CC(C)S(=O)(=O)CC(C)CC. The zero-order chi connectivity index (χ0) is 12.8. The minimum absolute atomic E-state index is 0.0490. The van der Waals surface area contributed by atoms with Gasteiger partial charge in [0.1, 0.15) is 0 Å². The van der Waals surface area contributed by atoms with E-state index in [0.29, 0.717) is 0 Å². The van der Waals surface area contributed by atoms with Gasteiger partial charge in [-0.3, -0.25) is 4.79 Å². The molecule has 0 rings (SSSR count). The van der Waals surface area contributed by atoms with Crippen molar-refractivity contribution in [2.45, 2.75) is 45.8 Å². The maximum Gasteiger partial charge on any atom is 0.307 e. The number of esters is 1. The van der Waals surface area contributed by atoms with Crippen LogP contribution in [0.4, 0.5) is 0 Å². The lowest BCUT2D eigenvalue weighted by Crippen LogP contribution is -2.27. The first-order chi connectivity index (χ1) is 7.33. The van der Waals surface area contributed by atoms with Crippen molar-refractivity contribution in [2.75, 3.05) is 12.4 Å². The maximum atomic E-state index is 11.8. The Morgan fingerprint density at radius 3 is 2.25 bits per heavy atom. The van der Waals surface area contributed by atoms with E-state index in [1.165, 1.54) is 0 Å². The molecule has 0 amide bonds. The Kier molecular flexibility index (Phi) is 6.64. The largest absolute Gasteiger partial charge is 0.466 e. The van der Waals surface area contributed by atoms with Crippen LogP contribution in [0, 0.1) is 5.92 Å². The van der Waals surface area contributed by atoms with Gasteiger partial charge in [0.25, 0.3) is 0 Å². The third-order valence-corrected chi connectivity index (χ3v) is 5.01. The summed E-state index contributed by atoms with van der Waals surface area (Å²) in [5.74, 6) is -0.165. The number of carbonyl (C=O) groups is 1. The Bertz CT molecular complexity index is 308. The van der Waals surface area contributed by atoms with Gasteiger partial charge in [-0.25, -0.2) is 8.42 Å². The van der Waals surface area contributed by atoms with Crippen LogP contribution < -0.4 is 0 Å². The third-order valence-electron chi connectivity index (χ3n) is 2.59. The van der Waals surface area contributed by atoms with Crippen LogP contribution in [0.5, 0.6) is 0 Å². The van der Waals surface area contributed by atoms with Crippen molar-refractivity contribution in [2.24, 2.45) is 5.92 Å². The summed E-state index contributed by atoms with van der Waals surface area (Å²) in [6.45, 7) is 7.41. The molecule has 5 heteroatoms. The molecule has 0 fully saturated rings. The molecule has 2 atom stereocenters. The van der Waals surface area contributed by atoms with Gasteiger partial charge >= 0.3 is 5.97 Å². The Balaban J connectivity index is 4.35. The van der Waals surface area contributed by atoms with Crippen LogP contribution in [-0.2, 0) is 19.4 Å². The van der Waals surface area contributed by atoms with Crippen molar-refractivity contribution in [1.82, 2.24) is 0 Å². The summed E-state index contributed by atoms with van der Waals surface area (Å²) in [5, 5.41) is -0.652. The van der Waals surface area contributed by atoms with Crippen LogP contribution >= 0.6 is 0 Å². The normalized spacial score (nSPS) is 15.5. The van der Waals surface area contributed by atoms with E-state index in [1.807, 2.05) is 13.8 Å². The molecular formula is C11H22O4S. The number of hydrogen-bond donors (Lipinski definition) is 0. The molecule has 0 aliphatic carbocycles. The van der Waals surface area contributed by atoms with Gasteiger partial charge in [-0.15, -0.1) is 0 Å². The van der Waals surface area contributed by atoms with E-state index in [9.17, 15) is 13.2 Å². The van der Waals surface area contributed by atoms with Crippen molar-refractivity contribution in [1.29, 1.82) is 0 Å². The van der Waals surface area contributed by atoms with Crippen LogP contribution in [0.1, 0.15) is 40.5 Å². The predicted octanol–water partition coefficient (Wildman–Crippen LogP) is 1.79. The van der Waals surface area contributed by atoms with Gasteiger partial charge in [0, 0.05) is 0 Å². The van der Waals surface area contributed by atoms with E-state index in [1.54, 1.807) is 13.8 Å². The van der Waals surface area contributed by atoms with Crippen LogP contribution in [0.2, 0.25) is 0 Å². The molecule has 0 radical (unpaired) electrons. The molecule has 0 bridgehead atoms. The molecular weight excluding hydrogens is 228 g/mol. The van der Waals surface area contributed by atoms with Crippen LogP contribution in [-0.4, -0.2) is 32.0 Å². The van der Waals surface area contributed by atoms with E-state index in [0.717, 1.165) is 6.42 Å². The monoisotopic (exact) mass is 250 g/mol. The summed E-state index contributed by atoms with van der Waals surface area (Å²) in [5.41, 5.74) is 0. The van der Waals surface area contributed by atoms with E-state index in [-0.39, 0.29) is 24.7 Å². The summed E-state index contributed by atoms with van der Waals surface area (Å²) in [4.78, 5) is 11.2. The number of ether oxygens (including phenoxy) is 1. The highest BCUT2D eigenvalue weighted by Crippen LogP contribution is 2.13. The summed E-state index contributed by atoms with van der Waals surface area (Å²) in [6, 6.07) is 0. The van der Waals surface area contributed by atoms with E-state index in [4.69, 9.17) is 4.74 Å². The third kappa shape index (κ3) is 5.49. The van der Waals surface area contributed by atoms with Crippen LogP contribution in [0.15, 0.2) is 0 Å². The molecule has 0 heterocycles. The van der Waals surface area contributed by atoms with Gasteiger partial charge in [-0.2, -0.15) is 0 Å². The lowest BCUT2D eigenvalue weighted by molar-refractivity contribution is -0.143. The predicted molar refractivity (Wildman–Crippen MR) is 64.0 cm³/mol. The number of carbonyl (C=O) groups excluding carboxylic acids is 1. The molecule has 0 aliphatic heterocycles. The fourth-order valence-corrected chi connectivity index (χ4v) is 3.01. The Hall–Kier alpha value is -0.580. The topological polar surface area (TPSA) is 60.4 Å². The number of hydrogen-bond acceptors (Lipinski definition) is 4. The lowest BCUT2D eigenvalue weighted by Gasteiger charge is -2.15. The van der Waals surface area contributed by atoms with Crippen molar-refractivity contribution in [3.05, 3.63) is 0 Å². The van der Waals surface area contributed by atoms with Crippen molar-refractivity contribution >= 4 is 15.8 Å². The Morgan fingerprint density at radius 2 is 1.81 bits per heavy atom. The number of rotatable bonds is 7. The average molecular weight is 250 g/mol. The second-order valence-corrected chi connectivity index (χ2v) is 6.63. The molecule has 4 nitrogen and oxygen atoms in total. The lowest BCUT2D eigenvalue weighted by atomic mass is 10.2. The first-order valence-electron chi connectivity index (χ1n) is 5.70. The molecule has 0 saturated carbocycles. The van der Waals surface area contributed by atoms with E-state index >= 15 is 0 Å². The highest BCUT2D eigenvalue weighted by atomic mass is 32.2. The average Bonchev–Trinajstić information content (AvgIpc) is 2.17. The minimum atomic E-state index is -3.19. The fraction of sp³-hybridized carbons (Fsp3) is 0.909. The first kappa shape index (κ1) is 15.4. The Labute approximate surface area is 98.3 Å². The number of sulfone groups is 1. The van der Waals surface area contributed by atoms with E-state index in [2.05, 4.69) is 0 Å². The van der Waals surface area contributed by atoms with Crippen LogP contribution in [0.3, 0.4) is 0 Å². The van der Waals surface area contributed by atoms with E-state index < -0.39 is 21.1 Å². The molecule has 96 valence electrons. The molecule has 0 aromatic heterocycles. The molecule has 0 N–H and O–H groups in total. The minimum Gasteiger partial charge on any atom is -0.466 e. The Morgan fingerprint density at radius 1 is 1.25 bits per heavy atom. The zero-order valence-electron chi connectivity index (χ0n) is 10.5. The molecule has 0 saturated heterocycles. The summed E-state index contributed by atoms with van der Waals surface area (Å²) >= 11 is 0. The maximum absolute atomic E-state index is 11.8. The van der Waals surface area contributed by atoms with Gasteiger partial charge in [0.15, 0.2) is 9.84 Å². The molecule has 0 aromatic rings. The van der Waals surface area contributed by atoms with Crippen molar-refractivity contribution in [3.63, 3.8) is 0 Å². The molecule has 0 aromatic carbocycles. The fourth-order valence-electron chi connectivity index (χ4n) is 1.26. The van der Waals surface area contributed by atoms with Gasteiger partial charge in [0.05, 0.1) is 24.0 Å². The quantitative estimate of drug-likeness (QED) is 0.646. The molecule has 0 aliphatic rings.